The van der Waals surface area contributed by atoms with Crippen molar-refractivity contribution in [2.45, 2.75) is 76.3 Å². The van der Waals surface area contributed by atoms with Crippen molar-refractivity contribution >= 4 is 5.97 Å². The first-order valence-electron chi connectivity index (χ1n) is 7.19. The molecule has 5 unspecified atom stereocenters. The van der Waals surface area contributed by atoms with E-state index in [1.807, 2.05) is 0 Å². The summed E-state index contributed by atoms with van der Waals surface area (Å²) in [4.78, 5) is 11.6. The lowest BCUT2D eigenvalue weighted by Crippen LogP contribution is -2.36. The van der Waals surface area contributed by atoms with Gasteiger partial charge in [-0.25, -0.2) is 0 Å². The van der Waals surface area contributed by atoms with Crippen LogP contribution >= 0.6 is 0 Å². The third kappa shape index (κ3) is 2.28. The summed E-state index contributed by atoms with van der Waals surface area (Å²) in [6.45, 7) is 2.13. The molecule has 3 rings (SSSR count). The molecular formula is C14H22O4. The Morgan fingerprint density at radius 1 is 1.33 bits per heavy atom. The first-order valence-corrected chi connectivity index (χ1v) is 7.19. The van der Waals surface area contributed by atoms with E-state index in [4.69, 9.17) is 9.47 Å². The van der Waals surface area contributed by atoms with Gasteiger partial charge < -0.3 is 14.6 Å². The van der Waals surface area contributed by atoms with E-state index in [0.29, 0.717) is 18.3 Å². The Kier molecular flexibility index (Phi) is 3.10. The predicted octanol–water partition coefficient (Wildman–Crippen LogP) is 2.36. The van der Waals surface area contributed by atoms with Crippen LogP contribution in [0.3, 0.4) is 0 Å². The van der Waals surface area contributed by atoms with Gasteiger partial charge in [-0.2, -0.15) is 0 Å². The van der Waals surface area contributed by atoms with Crippen LogP contribution in [0.5, 0.6) is 0 Å². The number of hydrogen-bond acceptors (Lipinski definition) is 3. The Bertz CT molecular complexity index is 343. The fourth-order valence-corrected chi connectivity index (χ4v) is 3.48. The number of aliphatic carboxylic acids is 1. The van der Waals surface area contributed by atoms with Crippen LogP contribution in [0.2, 0.25) is 0 Å². The second-order valence-corrected chi connectivity index (χ2v) is 6.05. The Morgan fingerprint density at radius 2 is 2.17 bits per heavy atom. The summed E-state index contributed by atoms with van der Waals surface area (Å²) in [7, 11) is 0. The third-order valence-corrected chi connectivity index (χ3v) is 4.87. The molecule has 4 heteroatoms. The molecule has 1 aliphatic carbocycles. The molecule has 0 bridgehead atoms. The molecule has 1 N–H and O–H groups in total. The zero-order valence-corrected chi connectivity index (χ0v) is 10.9. The molecule has 3 aliphatic rings. The molecule has 0 aromatic rings. The Morgan fingerprint density at radius 3 is 2.78 bits per heavy atom. The van der Waals surface area contributed by atoms with Crippen LogP contribution in [0.1, 0.15) is 51.9 Å². The Hall–Kier alpha value is -0.610. The SMILES string of the molecule is CCC1OC1CCCC1(C(=O)O)CCC2OC2C1. The first kappa shape index (κ1) is 12.4. The third-order valence-electron chi connectivity index (χ3n) is 4.87. The summed E-state index contributed by atoms with van der Waals surface area (Å²) in [5, 5.41) is 9.52. The van der Waals surface area contributed by atoms with E-state index in [-0.39, 0.29) is 6.10 Å². The van der Waals surface area contributed by atoms with E-state index < -0.39 is 11.4 Å². The number of epoxide rings is 2. The Labute approximate surface area is 108 Å². The van der Waals surface area contributed by atoms with Crippen LogP contribution in [0, 0.1) is 5.41 Å². The van der Waals surface area contributed by atoms with Crippen LogP contribution < -0.4 is 0 Å². The zero-order valence-electron chi connectivity index (χ0n) is 10.9. The van der Waals surface area contributed by atoms with Gasteiger partial charge in [0.1, 0.15) is 0 Å². The number of fused-ring (bicyclic) bond motifs is 1. The maximum atomic E-state index is 11.6. The van der Waals surface area contributed by atoms with Crippen molar-refractivity contribution in [1.29, 1.82) is 0 Å². The smallest absolute Gasteiger partial charge is 0.309 e. The van der Waals surface area contributed by atoms with Crippen LogP contribution in [-0.4, -0.2) is 35.5 Å². The van der Waals surface area contributed by atoms with Gasteiger partial charge in [-0.15, -0.1) is 0 Å². The molecule has 0 aromatic carbocycles. The molecule has 2 heterocycles. The average Bonchev–Trinajstić information content (AvgIpc) is 3.23. The maximum Gasteiger partial charge on any atom is 0.309 e. The molecule has 5 atom stereocenters. The second-order valence-electron chi connectivity index (χ2n) is 6.05. The second kappa shape index (κ2) is 4.49. The number of hydrogen-bond donors (Lipinski definition) is 1. The van der Waals surface area contributed by atoms with Crippen molar-refractivity contribution in [3.8, 4) is 0 Å². The lowest BCUT2D eigenvalue weighted by molar-refractivity contribution is -0.151. The van der Waals surface area contributed by atoms with Gasteiger partial charge in [0.2, 0.25) is 0 Å². The number of carboxylic acids is 1. The molecule has 2 saturated heterocycles. The van der Waals surface area contributed by atoms with Crippen LogP contribution in [-0.2, 0) is 14.3 Å². The van der Waals surface area contributed by atoms with Crippen LogP contribution in [0.25, 0.3) is 0 Å². The van der Waals surface area contributed by atoms with Gasteiger partial charge in [-0.3, -0.25) is 4.79 Å². The van der Waals surface area contributed by atoms with Gasteiger partial charge in [0, 0.05) is 0 Å². The van der Waals surface area contributed by atoms with E-state index in [2.05, 4.69) is 6.92 Å². The molecule has 4 nitrogen and oxygen atoms in total. The van der Waals surface area contributed by atoms with Gasteiger partial charge in [0.15, 0.2) is 0 Å². The predicted molar refractivity (Wildman–Crippen MR) is 65.4 cm³/mol. The van der Waals surface area contributed by atoms with E-state index in [1.54, 1.807) is 0 Å². The number of carbonyl (C=O) groups is 1. The highest BCUT2D eigenvalue weighted by Gasteiger charge is 2.53. The summed E-state index contributed by atoms with van der Waals surface area (Å²) in [5.74, 6) is -0.625. The van der Waals surface area contributed by atoms with E-state index in [9.17, 15) is 9.90 Å². The van der Waals surface area contributed by atoms with Crippen molar-refractivity contribution in [3.63, 3.8) is 0 Å². The zero-order chi connectivity index (χ0) is 12.8. The van der Waals surface area contributed by atoms with Gasteiger partial charge in [0.05, 0.1) is 29.8 Å². The first-order chi connectivity index (χ1) is 8.64. The monoisotopic (exact) mass is 254 g/mol. The van der Waals surface area contributed by atoms with Crippen molar-refractivity contribution in [2.24, 2.45) is 5.41 Å². The van der Waals surface area contributed by atoms with Crippen molar-refractivity contribution in [2.75, 3.05) is 0 Å². The normalized spacial score (nSPS) is 45.4. The summed E-state index contributed by atoms with van der Waals surface area (Å²) < 4.78 is 11.0. The van der Waals surface area contributed by atoms with Gasteiger partial charge in [-0.05, 0) is 44.9 Å². The standard InChI is InChI=1S/C14H22O4/c1-2-9-10(17-9)4-3-6-14(13(15)16)7-5-11-12(8-14)18-11/h9-12H,2-8H2,1H3,(H,15,16). The van der Waals surface area contributed by atoms with Crippen LogP contribution in [0.4, 0.5) is 0 Å². The topological polar surface area (TPSA) is 62.4 Å². The summed E-state index contributed by atoms with van der Waals surface area (Å²) >= 11 is 0. The van der Waals surface area contributed by atoms with E-state index in [1.165, 1.54) is 0 Å². The van der Waals surface area contributed by atoms with Crippen molar-refractivity contribution in [3.05, 3.63) is 0 Å². The largest absolute Gasteiger partial charge is 0.481 e. The molecule has 102 valence electrons. The molecule has 0 amide bonds. The summed E-state index contributed by atoms with van der Waals surface area (Å²) in [6.07, 6.45) is 7.70. The summed E-state index contributed by atoms with van der Waals surface area (Å²) in [6, 6.07) is 0. The molecule has 3 fully saturated rings. The Balaban J connectivity index is 1.49. The molecule has 18 heavy (non-hydrogen) atoms. The lowest BCUT2D eigenvalue weighted by atomic mass is 9.71. The molecule has 2 aliphatic heterocycles. The minimum Gasteiger partial charge on any atom is -0.481 e. The molecule has 0 radical (unpaired) electrons. The van der Waals surface area contributed by atoms with Crippen LogP contribution in [0.15, 0.2) is 0 Å². The van der Waals surface area contributed by atoms with Gasteiger partial charge >= 0.3 is 5.97 Å². The van der Waals surface area contributed by atoms with Gasteiger partial charge in [0.25, 0.3) is 0 Å². The minimum atomic E-state index is -0.625. The minimum absolute atomic E-state index is 0.232. The highest BCUT2D eigenvalue weighted by atomic mass is 16.6. The number of ether oxygens (including phenoxy) is 2. The quantitative estimate of drug-likeness (QED) is 0.739. The fraction of sp³-hybridized carbons (Fsp3) is 0.929. The van der Waals surface area contributed by atoms with Crippen molar-refractivity contribution < 1.29 is 19.4 Å². The fourth-order valence-electron chi connectivity index (χ4n) is 3.48. The molecular weight excluding hydrogens is 232 g/mol. The maximum absolute atomic E-state index is 11.6. The number of carboxylic acid groups (broad SMARTS) is 1. The summed E-state index contributed by atoms with van der Waals surface area (Å²) in [5.41, 5.74) is -0.520. The molecule has 0 aromatic heterocycles. The highest BCUT2D eigenvalue weighted by molar-refractivity contribution is 5.75. The van der Waals surface area contributed by atoms with E-state index in [0.717, 1.165) is 44.9 Å². The van der Waals surface area contributed by atoms with Gasteiger partial charge in [-0.1, -0.05) is 6.92 Å². The molecule has 0 spiro atoms. The molecule has 1 saturated carbocycles. The van der Waals surface area contributed by atoms with Crippen molar-refractivity contribution in [1.82, 2.24) is 0 Å². The van der Waals surface area contributed by atoms with E-state index >= 15 is 0 Å². The highest BCUT2D eigenvalue weighted by Crippen LogP contribution is 2.49. The number of rotatable bonds is 6. The lowest BCUT2D eigenvalue weighted by Gasteiger charge is -2.31. The average molecular weight is 254 g/mol.